The second-order valence-electron chi connectivity index (χ2n) is 5.22. The Balaban J connectivity index is 2.26. The van der Waals surface area contributed by atoms with Crippen LogP contribution in [0.15, 0.2) is 17.7 Å². The summed E-state index contributed by atoms with van der Waals surface area (Å²) in [7, 11) is 0. The molecule has 0 saturated carbocycles. The number of hydrogen-bond acceptors (Lipinski definition) is 8. The average Bonchev–Trinajstić information content (AvgIpc) is 3.05. The largest absolute Gasteiger partial charge is 0.394 e. The molecule has 3 N–H and O–H groups in total. The van der Waals surface area contributed by atoms with Crippen LogP contribution in [-0.4, -0.2) is 69.8 Å². The lowest BCUT2D eigenvalue weighted by Gasteiger charge is -2.25. The predicted molar refractivity (Wildman–Crippen MR) is 95.2 cm³/mol. The maximum atomic E-state index is 9.58. The summed E-state index contributed by atoms with van der Waals surface area (Å²) in [6.07, 6.45) is 4.62. The van der Waals surface area contributed by atoms with Crippen LogP contribution in [0.25, 0.3) is 11.2 Å². The molecule has 0 amide bonds. The summed E-state index contributed by atoms with van der Waals surface area (Å²) >= 11 is 1.54. The topological polar surface area (TPSA) is 97.1 Å². The van der Waals surface area contributed by atoms with Crippen LogP contribution in [0.5, 0.6) is 0 Å². The lowest BCUT2D eigenvalue weighted by atomic mass is 10.3. The van der Waals surface area contributed by atoms with E-state index in [0.717, 1.165) is 29.3 Å². The van der Waals surface area contributed by atoms with Gasteiger partial charge in [-0.3, -0.25) is 4.57 Å². The lowest BCUT2D eigenvalue weighted by Crippen LogP contribution is -2.37. The van der Waals surface area contributed by atoms with Crippen molar-refractivity contribution >= 4 is 22.9 Å². The van der Waals surface area contributed by atoms with E-state index in [0.29, 0.717) is 13.1 Å². The van der Waals surface area contributed by atoms with E-state index in [1.165, 1.54) is 11.8 Å². The number of nitrogens with one attached hydrogen (secondary N) is 2. The highest BCUT2D eigenvalue weighted by atomic mass is 32.2. The molecular formula is C15H26N6O2S. The summed E-state index contributed by atoms with van der Waals surface area (Å²) < 4.78 is 8.01. The number of fused-ring (bicyclic) bond motifs is 1. The van der Waals surface area contributed by atoms with Gasteiger partial charge in [-0.1, -0.05) is 13.8 Å². The first-order chi connectivity index (χ1) is 11.7. The summed E-state index contributed by atoms with van der Waals surface area (Å²) in [5.41, 5.74) is 1.50. The number of aliphatic hydroxyl groups is 1. The van der Waals surface area contributed by atoms with E-state index < -0.39 is 0 Å². The lowest BCUT2D eigenvalue weighted by molar-refractivity contribution is -0.0699. The number of ether oxygens (including phenoxy) is 1. The Morgan fingerprint density at radius 3 is 2.62 bits per heavy atom. The van der Waals surface area contributed by atoms with Gasteiger partial charge in [-0.2, -0.15) is 0 Å². The van der Waals surface area contributed by atoms with Gasteiger partial charge in [-0.05, 0) is 19.3 Å². The molecular weight excluding hydrogens is 328 g/mol. The first-order valence-corrected chi connectivity index (χ1v) is 9.36. The Bertz CT molecular complexity index is 623. The highest BCUT2D eigenvalue weighted by molar-refractivity contribution is 7.98. The van der Waals surface area contributed by atoms with Crippen LogP contribution >= 0.6 is 11.8 Å². The molecule has 0 aromatic carbocycles. The number of hydrogen-bond donors (Lipinski definition) is 3. The molecule has 9 heteroatoms. The highest BCUT2D eigenvalue weighted by Crippen LogP contribution is 2.24. The summed E-state index contributed by atoms with van der Waals surface area (Å²) in [5.74, 6) is 0. The van der Waals surface area contributed by atoms with Gasteiger partial charge < -0.3 is 20.5 Å². The van der Waals surface area contributed by atoms with Gasteiger partial charge >= 0.3 is 0 Å². The minimum Gasteiger partial charge on any atom is -0.394 e. The van der Waals surface area contributed by atoms with Crippen LogP contribution in [0.3, 0.4) is 0 Å². The van der Waals surface area contributed by atoms with Crippen molar-refractivity contribution in [3.05, 3.63) is 12.7 Å². The SMILES string of the molecule is CCNCC(CO)OC(CNCC)n1cnc2c(SC)ncnc21. The number of rotatable bonds is 11. The average molecular weight is 354 g/mol. The Kier molecular flexibility index (Phi) is 7.86. The second-order valence-corrected chi connectivity index (χ2v) is 6.01. The number of nitrogens with zero attached hydrogens (tertiary/aromatic N) is 4. The number of aliphatic hydroxyl groups excluding tert-OH is 1. The van der Waals surface area contributed by atoms with Gasteiger partial charge in [0.2, 0.25) is 0 Å². The molecule has 0 aliphatic rings. The molecule has 0 radical (unpaired) electrons. The molecule has 0 bridgehead atoms. The van der Waals surface area contributed by atoms with Crippen LogP contribution in [0.4, 0.5) is 0 Å². The molecule has 2 atom stereocenters. The molecule has 2 rings (SSSR count). The van der Waals surface area contributed by atoms with E-state index in [2.05, 4.69) is 25.6 Å². The van der Waals surface area contributed by atoms with Crippen LogP contribution in [0.1, 0.15) is 20.1 Å². The molecule has 2 aromatic heterocycles. The predicted octanol–water partition coefficient (Wildman–Crippen LogP) is 0.643. The van der Waals surface area contributed by atoms with E-state index in [-0.39, 0.29) is 18.9 Å². The van der Waals surface area contributed by atoms with Crippen molar-refractivity contribution in [2.45, 2.75) is 31.2 Å². The number of thioether (sulfide) groups is 1. The third kappa shape index (κ3) is 4.64. The molecule has 0 aliphatic heterocycles. The van der Waals surface area contributed by atoms with Crippen molar-refractivity contribution in [2.75, 3.05) is 39.0 Å². The summed E-state index contributed by atoms with van der Waals surface area (Å²) in [4.78, 5) is 13.1. The van der Waals surface area contributed by atoms with Gasteiger partial charge in [0.15, 0.2) is 5.65 Å². The Morgan fingerprint density at radius 1 is 1.21 bits per heavy atom. The van der Waals surface area contributed by atoms with Crippen molar-refractivity contribution in [1.82, 2.24) is 30.2 Å². The zero-order valence-electron chi connectivity index (χ0n) is 14.4. The molecule has 8 nitrogen and oxygen atoms in total. The molecule has 24 heavy (non-hydrogen) atoms. The maximum Gasteiger partial charge on any atom is 0.166 e. The van der Waals surface area contributed by atoms with E-state index in [1.807, 2.05) is 24.7 Å². The van der Waals surface area contributed by atoms with E-state index in [4.69, 9.17) is 4.74 Å². The standard InChI is InChI=1S/C15H26N6O2S/c1-4-16-6-11(8-22)23-12(7-17-5-2)21-10-20-13-14(21)18-9-19-15(13)24-3/h9-12,16-17,22H,4-8H2,1-3H3. The molecule has 2 heterocycles. The Morgan fingerprint density at radius 2 is 1.96 bits per heavy atom. The molecule has 2 unspecified atom stereocenters. The van der Waals surface area contributed by atoms with Gasteiger partial charge in [0.05, 0.1) is 19.0 Å². The smallest absolute Gasteiger partial charge is 0.166 e. The number of imidazole rings is 1. The minimum atomic E-state index is -0.310. The third-order valence-electron chi connectivity index (χ3n) is 3.57. The maximum absolute atomic E-state index is 9.58. The number of likely N-dealkylation sites (N-methyl/N-ethyl adjacent to an activating group) is 2. The number of aromatic nitrogens is 4. The Hall–Kier alpha value is -1.26. The fourth-order valence-corrected chi connectivity index (χ4v) is 2.84. The summed E-state index contributed by atoms with van der Waals surface area (Å²) in [5, 5.41) is 16.9. The first-order valence-electron chi connectivity index (χ1n) is 8.14. The molecule has 0 spiro atoms. The summed E-state index contributed by atoms with van der Waals surface area (Å²) in [6, 6.07) is 0. The molecule has 0 fully saturated rings. The molecule has 2 aromatic rings. The van der Waals surface area contributed by atoms with Crippen molar-refractivity contribution in [1.29, 1.82) is 0 Å². The fourth-order valence-electron chi connectivity index (χ4n) is 2.35. The summed E-state index contributed by atoms with van der Waals surface area (Å²) in [6.45, 7) is 6.86. The van der Waals surface area contributed by atoms with Crippen LogP contribution < -0.4 is 10.6 Å². The fraction of sp³-hybridized carbons (Fsp3) is 0.667. The van der Waals surface area contributed by atoms with Gasteiger partial charge in [0, 0.05) is 13.1 Å². The third-order valence-corrected chi connectivity index (χ3v) is 4.26. The van der Waals surface area contributed by atoms with E-state index in [1.54, 1.807) is 12.7 Å². The Labute approximate surface area is 146 Å². The van der Waals surface area contributed by atoms with Gasteiger partial charge in [0.1, 0.15) is 23.1 Å². The van der Waals surface area contributed by atoms with E-state index >= 15 is 0 Å². The van der Waals surface area contributed by atoms with Crippen molar-refractivity contribution < 1.29 is 9.84 Å². The monoisotopic (exact) mass is 354 g/mol. The van der Waals surface area contributed by atoms with Crippen molar-refractivity contribution in [3.63, 3.8) is 0 Å². The van der Waals surface area contributed by atoms with Crippen LogP contribution in [-0.2, 0) is 4.74 Å². The molecule has 0 aliphatic carbocycles. The quantitative estimate of drug-likeness (QED) is 0.400. The second kappa shape index (κ2) is 9.90. The normalized spacial score (nSPS) is 14.2. The highest BCUT2D eigenvalue weighted by Gasteiger charge is 2.21. The van der Waals surface area contributed by atoms with Gasteiger partial charge in [0.25, 0.3) is 0 Å². The minimum absolute atomic E-state index is 0.0483. The van der Waals surface area contributed by atoms with Crippen molar-refractivity contribution in [3.8, 4) is 0 Å². The molecule has 0 saturated heterocycles. The zero-order valence-corrected chi connectivity index (χ0v) is 15.2. The first kappa shape index (κ1) is 19.1. The van der Waals surface area contributed by atoms with Crippen molar-refractivity contribution in [2.24, 2.45) is 0 Å². The van der Waals surface area contributed by atoms with Gasteiger partial charge in [-0.25, -0.2) is 15.0 Å². The molecule has 134 valence electrons. The zero-order chi connectivity index (χ0) is 17.4. The van der Waals surface area contributed by atoms with Crippen LogP contribution in [0.2, 0.25) is 0 Å². The van der Waals surface area contributed by atoms with Gasteiger partial charge in [-0.15, -0.1) is 11.8 Å². The van der Waals surface area contributed by atoms with Crippen LogP contribution in [0, 0.1) is 0 Å². The van der Waals surface area contributed by atoms with E-state index in [9.17, 15) is 5.11 Å².